The molecule has 0 aliphatic rings. The van der Waals surface area contributed by atoms with Crippen LogP contribution in [0.2, 0.25) is 0 Å². The molecule has 0 spiro atoms. The van der Waals surface area contributed by atoms with Crippen molar-refractivity contribution in [2.24, 2.45) is 5.92 Å². The first-order chi connectivity index (χ1) is 10.7. The average Bonchev–Trinajstić information content (AvgIpc) is 3.12. The van der Waals surface area contributed by atoms with Crippen LogP contribution < -0.4 is 5.32 Å². The van der Waals surface area contributed by atoms with Crippen LogP contribution in [0, 0.1) is 5.92 Å². The minimum atomic E-state index is -0.0312. The molecule has 0 saturated carbocycles. The van der Waals surface area contributed by atoms with Crippen molar-refractivity contribution in [1.82, 2.24) is 19.9 Å². The molecule has 114 valence electrons. The molecule has 0 saturated heterocycles. The van der Waals surface area contributed by atoms with E-state index >= 15 is 0 Å². The summed E-state index contributed by atoms with van der Waals surface area (Å²) < 4.78 is 1.82. The van der Waals surface area contributed by atoms with E-state index < -0.39 is 0 Å². The van der Waals surface area contributed by atoms with E-state index in [1.807, 2.05) is 35.0 Å². The van der Waals surface area contributed by atoms with Crippen LogP contribution in [0.3, 0.4) is 0 Å². The molecule has 0 radical (unpaired) electrons. The summed E-state index contributed by atoms with van der Waals surface area (Å²) in [4.78, 5) is 17.2. The third kappa shape index (κ3) is 3.33. The van der Waals surface area contributed by atoms with Crippen molar-refractivity contribution in [2.45, 2.75) is 19.8 Å². The van der Waals surface area contributed by atoms with Crippen molar-refractivity contribution >= 4 is 22.2 Å². The van der Waals surface area contributed by atoms with Gasteiger partial charge in [0.1, 0.15) is 6.33 Å². The average molecular weight is 314 g/mol. The predicted molar refractivity (Wildman–Crippen MR) is 86.9 cm³/mol. The Morgan fingerprint density at radius 2 is 2.18 bits per heavy atom. The first kappa shape index (κ1) is 14.7. The van der Waals surface area contributed by atoms with Gasteiger partial charge in [-0.15, -0.1) is 11.3 Å². The van der Waals surface area contributed by atoms with E-state index in [1.54, 1.807) is 17.7 Å². The molecule has 2 heterocycles. The third-order valence-electron chi connectivity index (χ3n) is 3.60. The van der Waals surface area contributed by atoms with Gasteiger partial charge in [-0.1, -0.05) is 37.3 Å². The van der Waals surface area contributed by atoms with Gasteiger partial charge in [0.05, 0.1) is 5.69 Å². The molecular formula is C16H18N4OS. The minimum Gasteiger partial charge on any atom is -0.355 e. The number of thiazole rings is 1. The number of amides is 1. The van der Waals surface area contributed by atoms with Crippen LogP contribution in [0.1, 0.15) is 18.2 Å². The highest BCUT2D eigenvalue weighted by Crippen LogP contribution is 2.13. The molecule has 0 bridgehead atoms. The first-order valence-corrected chi connectivity index (χ1v) is 8.20. The van der Waals surface area contributed by atoms with Crippen molar-refractivity contribution in [3.05, 3.63) is 53.3 Å². The maximum atomic E-state index is 12.1. The Labute approximate surface area is 133 Å². The Hall–Kier alpha value is -2.21. The van der Waals surface area contributed by atoms with Gasteiger partial charge >= 0.3 is 0 Å². The number of rotatable bonds is 6. The number of nitrogens with one attached hydrogen (secondary N) is 1. The van der Waals surface area contributed by atoms with Crippen molar-refractivity contribution in [2.75, 3.05) is 6.54 Å². The minimum absolute atomic E-state index is 0.0312. The van der Waals surface area contributed by atoms with Gasteiger partial charge in [-0.05, 0) is 12.0 Å². The fraction of sp³-hybridized carbons (Fsp3) is 0.312. The molecule has 0 fully saturated rings. The van der Waals surface area contributed by atoms with E-state index in [4.69, 9.17) is 0 Å². The fourth-order valence-corrected chi connectivity index (χ4v) is 3.22. The Bertz CT molecular complexity index is 750. The highest BCUT2D eigenvalue weighted by Gasteiger charge is 2.13. The molecule has 3 rings (SSSR count). The van der Waals surface area contributed by atoms with E-state index in [0.29, 0.717) is 6.54 Å². The molecule has 1 aromatic carbocycles. The Morgan fingerprint density at radius 3 is 3.00 bits per heavy atom. The number of nitrogens with zero attached hydrogens (tertiary/aromatic N) is 3. The maximum Gasteiger partial charge on any atom is 0.223 e. The molecule has 2 aromatic heterocycles. The summed E-state index contributed by atoms with van der Waals surface area (Å²) in [6.45, 7) is 2.58. The van der Waals surface area contributed by atoms with E-state index in [-0.39, 0.29) is 11.8 Å². The zero-order valence-electron chi connectivity index (χ0n) is 12.4. The van der Waals surface area contributed by atoms with Gasteiger partial charge in [0.2, 0.25) is 10.9 Å². The third-order valence-corrected chi connectivity index (χ3v) is 4.48. The molecule has 6 heteroatoms. The quantitative estimate of drug-likeness (QED) is 0.759. The monoisotopic (exact) mass is 314 g/mol. The van der Waals surface area contributed by atoms with Crippen LogP contribution >= 0.6 is 11.3 Å². The largest absolute Gasteiger partial charge is 0.355 e. The molecule has 0 aliphatic heterocycles. The standard InChI is InChI=1S/C16H18N4OS/c1-12(9-13-5-3-2-4-6-13)15(21)17-8-7-14-10-22-16-18-11-19-20(14)16/h2-6,10-12H,7-9H2,1H3,(H,17,21). The van der Waals surface area contributed by atoms with Crippen LogP contribution in [-0.2, 0) is 17.6 Å². The van der Waals surface area contributed by atoms with Gasteiger partial charge in [-0.3, -0.25) is 4.79 Å². The van der Waals surface area contributed by atoms with Gasteiger partial charge in [-0.25, -0.2) is 9.50 Å². The molecule has 22 heavy (non-hydrogen) atoms. The van der Waals surface area contributed by atoms with Gasteiger partial charge in [0.25, 0.3) is 0 Å². The fourth-order valence-electron chi connectivity index (χ4n) is 2.39. The summed E-state index contributed by atoms with van der Waals surface area (Å²) in [7, 11) is 0. The van der Waals surface area contributed by atoms with E-state index in [2.05, 4.69) is 27.5 Å². The summed E-state index contributed by atoms with van der Waals surface area (Å²) >= 11 is 1.56. The van der Waals surface area contributed by atoms with E-state index in [0.717, 1.165) is 23.5 Å². The van der Waals surface area contributed by atoms with Crippen LogP contribution in [0.5, 0.6) is 0 Å². The molecular weight excluding hydrogens is 296 g/mol. The molecule has 1 atom stereocenters. The lowest BCUT2D eigenvalue weighted by atomic mass is 10.0. The molecule has 0 aliphatic carbocycles. The van der Waals surface area contributed by atoms with E-state index in [1.165, 1.54) is 5.56 Å². The van der Waals surface area contributed by atoms with E-state index in [9.17, 15) is 4.79 Å². The zero-order valence-corrected chi connectivity index (χ0v) is 13.2. The summed E-state index contributed by atoms with van der Waals surface area (Å²) in [5.74, 6) is 0.0604. The highest BCUT2D eigenvalue weighted by molar-refractivity contribution is 7.15. The smallest absolute Gasteiger partial charge is 0.223 e. The first-order valence-electron chi connectivity index (χ1n) is 7.32. The molecule has 1 amide bonds. The SMILES string of the molecule is CC(Cc1ccccc1)C(=O)NCCc1csc2ncnn12. The predicted octanol–water partition coefficient (Wildman–Crippen LogP) is 2.33. The number of hydrogen-bond donors (Lipinski definition) is 1. The Balaban J connectivity index is 1.49. The number of carbonyl (C=O) groups is 1. The normalized spacial score (nSPS) is 12.4. The second kappa shape index (κ2) is 6.70. The van der Waals surface area contributed by atoms with Crippen LogP contribution in [-0.4, -0.2) is 27.0 Å². The van der Waals surface area contributed by atoms with Crippen molar-refractivity contribution < 1.29 is 4.79 Å². The van der Waals surface area contributed by atoms with Gasteiger partial charge in [0.15, 0.2) is 0 Å². The summed E-state index contributed by atoms with van der Waals surface area (Å²) in [6.07, 6.45) is 3.07. The molecule has 3 aromatic rings. The number of benzene rings is 1. The van der Waals surface area contributed by atoms with Crippen LogP contribution in [0.15, 0.2) is 42.0 Å². The van der Waals surface area contributed by atoms with Crippen LogP contribution in [0.25, 0.3) is 4.96 Å². The number of fused-ring (bicyclic) bond motifs is 1. The lowest BCUT2D eigenvalue weighted by molar-refractivity contribution is -0.124. The van der Waals surface area contributed by atoms with Gasteiger partial charge < -0.3 is 5.32 Å². The van der Waals surface area contributed by atoms with Crippen LogP contribution in [0.4, 0.5) is 0 Å². The highest BCUT2D eigenvalue weighted by atomic mass is 32.1. The Kier molecular flexibility index (Phi) is 4.48. The summed E-state index contributed by atoms with van der Waals surface area (Å²) in [6, 6.07) is 10.1. The topological polar surface area (TPSA) is 59.3 Å². The summed E-state index contributed by atoms with van der Waals surface area (Å²) in [5.41, 5.74) is 2.26. The molecule has 1 N–H and O–H groups in total. The molecule has 5 nitrogen and oxygen atoms in total. The summed E-state index contributed by atoms with van der Waals surface area (Å²) in [5, 5.41) is 9.21. The Morgan fingerprint density at radius 1 is 1.36 bits per heavy atom. The number of carbonyl (C=O) groups excluding carboxylic acids is 1. The van der Waals surface area contributed by atoms with Gasteiger partial charge in [-0.2, -0.15) is 5.10 Å². The van der Waals surface area contributed by atoms with Crippen molar-refractivity contribution in [3.8, 4) is 0 Å². The maximum absolute atomic E-state index is 12.1. The zero-order chi connectivity index (χ0) is 15.4. The molecule has 1 unspecified atom stereocenters. The van der Waals surface area contributed by atoms with Gasteiger partial charge in [0, 0.05) is 24.3 Å². The van der Waals surface area contributed by atoms with Crippen molar-refractivity contribution in [1.29, 1.82) is 0 Å². The number of hydrogen-bond acceptors (Lipinski definition) is 4. The number of aromatic nitrogens is 3. The second-order valence-corrected chi connectivity index (χ2v) is 6.15. The second-order valence-electron chi connectivity index (χ2n) is 5.31. The van der Waals surface area contributed by atoms with Crippen molar-refractivity contribution in [3.63, 3.8) is 0 Å². The lowest BCUT2D eigenvalue weighted by Crippen LogP contribution is -2.32. The lowest BCUT2D eigenvalue weighted by Gasteiger charge is -2.12.